The normalized spacial score (nSPS) is 11.5. The summed E-state index contributed by atoms with van der Waals surface area (Å²) in [7, 11) is 0. The fourth-order valence-corrected chi connectivity index (χ4v) is 1.45. The Morgan fingerprint density at radius 1 is 1.11 bits per heavy atom. The maximum Gasteiger partial charge on any atom is 0.411 e. The summed E-state index contributed by atoms with van der Waals surface area (Å²) in [5.74, 6) is 0.00595. The molecule has 0 atom stereocenters. The SMILES string of the molecule is O=C(CCCCOCC(F)(F)F)c1ccccc1. The highest BCUT2D eigenvalue weighted by Crippen LogP contribution is 2.14. The zero-order chi connectivity index (χ0) is 13.4. The molecule has 0 unspecified atom stereocenters. The lowest BCUT2D eigenvalue weighted by molar-refractivity contribution is -0.174. The van der Waals surface area contributed by atoms with E-state index in [1.54, 1.807) is 24.3 Å². The molecule has 0 heterocycles. The molecule has 1 aromatic rings. The first-order valence-corrected chi connectivity index (χ1v) is 5.72. The van der Waals surface area contributed by atoms with E-state index < -0.39 is 12.8 Å². The highest BCUT2D eigenvalue weighted by Gasteiger charge is 2.27. The van der Waals surface area contributed by atoms with E-state index in [1.807, 2.05) is 6.07 Å². The summed E-state index contributed by atoms with van der Waals surface area (Å²) in [6.07, 6.45) is -2.96. The van der Waals surface area contributed by atoms with Gasteiger partial charge in [0.1, 0.15) is 6.61 Å². The average molecular weight is 260 g/mol. The minimum atomic E-state index is -4.28. The highest BCUT2D eigenvalue weighted by molar-refractivity contribution is 5.95. The van der Waals surface area contributed by atoms with Crippen molar-refractivity contribution in [2.45, 2.75) is 25.4 Å². The first kappa shape index (κ1) is 14.7. The van der Waals surface area contributed by atoms with Gasteiger partial charge in [0.25, 0.3) is 0 Å². The molecule has 0 saturated heterocycles. The van der Waals surface area contributed by atoms with Crippen LogP contribution in [0.15, 0.2) is 30.3 Å². The van der Waals surface area contributed by atoms with Crippen LogP contribution in [0.3, 0.4) is 0 Å². The second kappa shape index (κ2) is 7.16. The van der Waals surface area contributed by atoms with Crippen LogP contribution in [-0.4, -0.2) is 25.2 Å². The zero-order valence-corrected chi connectivity index (χ0v) is 9.87. The van der Waals surface area contributed by atoms with Crippen LogP contribution in [0.25, 0.3) is 0 Å². The number of carbonyl (C=O) groups excluding carboxylic acids is 1. The Balaban J connectivity index is 2.10. The van der Waals surface area contributed by atoms with Gasteiger partial charge in [0.15, 0.2) is 5.78 Å². The van der Waals surface area contributed by atoms with E-state index in [9.17, 15) is 18.0 Å². The molecular weight excluding hydrogens is 245 g/mol. The Hall–Kier alpha value is -1.36. The summed E-state index contributed by atoms with van der Waals surface area (Å²) in [6.45, 7) is -1.19. The minimum absolute atomic E-state index is 0.00595. The Kier molecular flexibility index (Phi) is 5.85. The lowest BCUT2D eigenvalue weighted by Crippen LogP contribution is -2.17. The van der Waals surface area contributed by atoms with Gasteiger partial charge in [-0.15, -0.1) is 0 Å². The molecule has 1 aromatic carbocycles. The van der Waals surface area contributed by atoms with Crippen molar-refractivity contribution < 1.29 is 22.7 Å². The van der Waals surface area contributed by atoms with Gasteiger partial charge in [-0.3, -0.25) is 4.79 Å². The van der Waals surface area contributed by atoms with E-state index in [0.29, 0.717) is 24.8 Å². The van der Waals surface area contributed by atoms with E-state index in [-0.39, 0.29) is 12.4 Å². The molecule has 0 spiro atoms. The number of carbonyl (C=O) groups is 1. The van der Waals surface area contributed by atoms with Gasteiger partial charge in [-0.25, -0.2) is 0 Å². The van der Waals surface area contributed by atoms with Gasteiger partial charge < -0.3 is 4.74 Å². The van der Waals surface area contributed by atoms with Crippen molar-refractivity contribution in [1.82, 2.24) is 0 Å². The number of halogens is 3. The summed E-state index contributed by atoms with van der Waals surface area (Å²) < 4.78 is 39.7. The molecule has 2 nitrogen and oxygen atoms in total. The van der Waals surface area contributed by atoms with Gasteiger partial charge in [-0.2, -0.15) is 13.2 Å². The predicted molar refractivity (Wildman–Crippen MR) is 61.5 cm³/mol. The largest absolute Gasteiger partial charge is 0.411 e. The Morgan fingerprint density at radius 2 is 1.78 bits per heavy atom. The first-order valence-electron chi connectivity index (χ1n) is 5.72. The lowest BCUT2D eigenvalue weighted by Gasteiger charge is -2.07. The standard InChI is InChI=1S/C13H15F3O2/c14-13(15,16)10-18-9-5-4-8-12(17)11-6-2-1-3-7-11/h1-3,6-7H,4-5,8-10H2. The third kappa shape index (κ3) is 6.39. The van der Waals surface area contributed by atoms with Crippen molar-refractivity contribution in [1.29, 1.82) is 0 Å². The topological polar surface area (TPSA) is 26.3 Å². The molecule has 100 valence electrons. The summed E-state index contributed by atoms with van der Waals surface area (Å²) in [5.41, 5.74) is 0.633. The number of hydrogen-bond acceptors (Lipinski definition) is 2. The van der Waals surface area contributed by atoms with Gasteiger partial charge in [0.05, 0.1) is 0 Å². The highest BCUT2D eigenvalue weighted by atomic mass is 19.4. The van der Waals surface area contributed by atoms with Crippen LogP contribution >= 0.6 is 0 Å². The van der Waals surface area contributed by atoms with Gasteiger partial charge in [-0.05, 0) is 12.8 Å². The molecule has 5 heteroatoms. The fourth-order valence-electron chi connectivity index (χ4n) is 1.45. The molecule has 0 fully saturated rings. The molecule has 0 N–H and O–H groups in total. The van der Waals surface area contributed by atoms with Gasteiger partial charge in [0.2, 0.25) is 0 Å². The molecule has 0 aliphatic carbocycles. The summed E-state index contributed by atoms with van der Waals surface area (Å²) in [6, 6.07) is 8.83. The summed E-state index contributed by atoms with van der Waals surface area (Å²) >= 11 is 0. The number of hydrogen-bond donors (Lipinski definition) is 0. The molecule has 0 aliphatic heterocycles. The van der Waals surface area contributed by atoms with Crippen LogP contribution in [0.5, 0.6) is 0 Å². The maximum absolute atomic E-state index is 11.7. The van der Waals surface area contributed by atoms with Crippen molar-refractivity contribution >= 4 is 5.78 Å². The Labute approximate surface area is 104 Å². The van der Waals surface area contributed by atoms with Crippen molar-refractivity contribution in [2.75, 3.05) is 13.2 Å². The lowest BCUT2D eigenvalue weighted by atomic mass is 10.1. The molecule has 0 bridgehead atoms. The Morgan fingerprint density at radius 3 is 2.39 bits per heavy atom. The summed E-state index contributed by atoms with van der Waals surface area (Å²) in [5, 5.41) is 0. The van der Waals surface area contributed by atoms with Gasteiger partial charge >= 0.3 is 6.18 Å². The molecule has 0 amide bonds. The van der Waals surface area contributed by atoms with Crippen LogP contribution < -0.4 is 0 Å². The fraction of sp³-hybridized carbons (Fsp3) is 0.462. The van der Waals surface area contributed by atoms with Crippen molar-refractivity contribution in [3.05, 3.63) is 35.9 Å². The zero-order valence-electron chi connectivity index (χ0n) is 9.87. The number of Topliss-reactive ketones (excluding diaryl/α,β-unsaturated/α-hetero) is 1. The van der Waals surface area contributed by atoms with Crippen LogP contribution in [0.4, 0.5) is 13.2 Å². The molecule has 1 rings (SSSR count). The van der Waals surface area contributed by atoms with E-state index in [1.165, 1.54) is 0 Å². The van der Waals surface area contributed by atoms with Crippen molar-refractivity contribution in [2.24, 2.45) is 0 Å². The van der Waals surface area contributed by atoms with E-state index in [0.717, 1.165) is 0 Å². The van der Waals surface area contributed by atoms with Crippen LogP contribution in [0, 0.1) is 0 Å². The van der Waals surface area contributed by atoms with Crippen LogP contribution in [0.1, 0.15) is 29.6 Å². The number of benzene rings is 1. The smallest absolute Gasteiger partial charge is 0.372 e. The second-order valence-corrected chi connectivity index (χ2v) is 3.91. The first-order chi connectivity index (χ1) is 8.49. The average Bonchev–Trinajstić information content (AvgIpc) is 2.33. The van der Waals surface area contributed by atoms with Crippen molar-refractivity contribution in [3.63, 3.8) is 0 Å². The monoisotopic (exact) mass is 260 g/mol. The molecule has 0 aliphatic rings. The van der Waals surface area contributed by atoms with E-state index >= 15 is 0 Å². The summed E-state index contributed by atoms with van der Waals surface area (Å²) in [4.78, 5) is 11.6. The second-order valence-electron chi connectivity index (χ2n) is 3.91. The van der Waals surface area contributed by atoms with Crippen LogP contribution in [-0.2, 0) is 4.74 Å². The molecular formula is C13H15F3O2. The number of ketones is 1. The van der Waals surface area contributed by atoms with Gasteiger partial charge in [-0.1, -0.05) is 30.3 Å². The Bertz CT molecular complexity index is 360. The quantitative estimate of drug-likeness (QED) is 0.553. The maximum atomic E-state index is 11.7. The van der Waals surface area contributed by atoms with Crippen LogP contribution in [0.2, 0.25) is 0 Å². The van der Waals surface area contributed by atoms with Gasteiger partial charge in [0, 0.05) is 18.6 Å². The molecule has 0 saturated carbocycles. The molecule has 0 aromatic heterocycles. The number of ether oxygens (including phenoxy) is 1. The number of rotatable bonds is 7. The number of unbranched alkanes of at least 4 members (excludes halogenated alkanes) is 1. The number of alkyl halides is 3. The minimum Gasteiger partial charge on any atom is -0.372 e. The third-order valence-corrected chi connectivity index (χ3v) is 2.30. The van der Waals surface area contributed by atoms with Crippen molar-refractivity contribution in [3.8, 4) is 0 Å². The molecule has 18 heavy (non-hydrogen) atoms. The molecule has 0 radical (unpaired) electrons. The van der Waals surface area contributed by atoms with E-state index in [4.69, 9.17) is 0 Å². The third-order valence-electron chi connectivity index (χ3n) is 2.30. The predicted octanol–water partition coefficient (Wildman–Crippen LogP) is 3.62. The van der Waals surface area contributed by atoms with E-state index in [2.05, 4.69) is 4.74 Å².